The highest BCUT2D eigenvalue weighted by Crippen LogP contribution is 2.27. The van der Waals surface area contributed by atoms with E-state index >= 15 is 0 Å². The molecule has 1 aliphatic rings. The maximum atomic E-state index is 5.66. The van der Waals surface area contributed by atoms with E-state index in [2.05, 4.69) is 48.9 Å². The molecule has 0 amide bonds. The Morgan fingerprint density at radius 2 is 2.32 bits per heavy atom. The Labute approximate surface area is 138 Å². The fourth-order valence-corrected chi connectivity index (χ4v) is 3.43. The Hall–Kier alpha value is -1.07. The molecule has 1 aromatic heterocycles. The van der Waals surface area contributed by atoms with E-state index in [0.29, 0.717) is 6.10 Å². The first-order valence-corrected chi connectivity index (χ1v) is 9.17. The first-order chi connectivity index (χ1) is 10.6. The molecule has 5 heteroatoms. The maximum absolute atomic E-state index is 5.66. The van der Waals surface area contributed by atoms with Gasteiger partial charge in [-0.1, -0.05) is 19.9 Å². The van der Waals surface area contributed by atoms with Crippen LogP contribution in [0.15, 0.2) is 22.5 Å². The molecule has 2 heterocycles. The van der Waals surface area contributed by atoms with Gasteiger partial charge >= 0.3 is 0 Å². The molecule has 0 spiro atoms. The average molecular weight is 324 g/mol. The highest BCUT2D eigenvalue weighted by Gasteiger charge is 2.21. The fourth-order valence-electron chi connectivity index (χ4n) is 2.58. The molecule has 1 atom stereocenters. The van der Waals surface area contributed by atoms with Crippen LogP contribution in [0.25, 0.3) is 0 Å². The number of hydrogen-bond acceptors (Lipinski definition) is 3. The highest BCUT2D eigenvalue weighted by atomic mass is 32.1. The van der Waals surface area contributed by atoms with Crippen LogP contribution in [0.4, 0.5) is 0 Å². The molecule has 0 aromatic carbocycles. The molecule has 0 saturated carbocycles. The topological polar surface area (TPSA) is 45.7 Å². The lowest BCUT2D eigenvalue weighted by Gasteiger charge is -2.22. The lowest BCUT2D eigenvalue weighted by molar-refractivity contribution is 0.105. The van der Waals surface area contributed by atoms with Gasteiger partial charge in [-0.3, -0.25) is 4.99 Å². The van der Waals surface area contributed by atoms with Gasteiger partial charge < -0.3 is 15.4 Å². The number of nitrogens with zero attached hydrogens (tertiary/aromatic N) is 1. The number of nitrogens with one attached hydrogen (secondary N) is 2. The monoisotopic (exact) mass is 323 g/mol. The summed E-state index contributed by atoms with van der Waals surface area (Å²) in [5, 5.41) is 8.89. The molecule has 22 heavy (non-hydrogen) atoms. The van der Waals surface area contributed by atoms with Crippen molar-refractivity contribution in [3.05, 3.63) is 22.4 Å². The Bertz CT molecular complexity index is 450. The summed E-state index contributed by atoms with van der Waals surface area (Å²) in [5.41, 5.74) is 0.0745. The fraction of sp³-hybridized carbons (Fsp3) is 0.706. The van der Waals surface area contributed by atoms with Gasteiger partial charge in [-0.2, -0.15) is 0 Å². The van der Waals surface area contributed by atoms with Gasteiger partial charge in [-0.15, -0.1) is 11.3 Å². The van der Waals surface area contributed by atoms with Crippen molar-refractivity contribution in [2.75, 3.05) is 26.2 Å². The number of aliphatic imine (C=N–C) groups is 1. The standard InChI is InChI=1S/C17H29N3OS/c1-4-18-16(19-10-9-14-7-5-11-21-14)20-13-17(2,3)15-8-6-12-22-15/h6,8,12,14H,4-5,7,9-11,13H2,1-3H3,(H2,18,19,20). The van der Waals surface area contributed by atoms with Crippen LogP contribution in [0.3, 0.4) is 0 Å². The number of rotatable bonds is 7. The molecule has 1 aliphatic heterocycles. The van der Waals surface area contributed by atoms with Crippen LogP contribution >= 0.6 is 11.3 Å². The maximum Gasteiger partial charge on any atom is 0.191 e. The van der Waals surface area contributed by atoms with Gasteiger partial charge in [0.1, 0.15) is 0 Å². The largest absolute Gasteiger partial charge is 0.378 e. The quantitative estimate of drug-likeness (QED) is 0.598. The molecule has 2 N–H and O–H groups in total. The van der Waals surface area contributed by atoms with Crippen LogP contribution in [0.2, 0.25) is 0 Å². The van der Waals surface area contributed by atoms with Gasteiger partial charge in [-0.25, -0.2) is 0 Å². The zero-order valence-electron chi connectivity index (χ0n) is 14.0. The van der Waals surface area contributed by atoms with Crippen molar-refractivity contribution < 1.29 is 4.74 Å². The third-order valence-corrected chi connectivity index (χ3v) is 5.18. The average Bonchev–Trinajstić information content (AvgIpc) is 3.18. The van der Waals surface area contributed by atoms with E-state index in [9.17, 15) is 0 Å². The number of hydrogen-bond donors (Lipinski definition) is 2. The van der Waals surface area contributed by atoms with Crippen molar-refractivity contribution in [1.29, 1.82) is 0 Å². The summed E-state index contributed by atoms with van der Waals surface area (Å²) < 4.78 is 5.66. The summed E-state index contributed by atoms with van der Waals surface area (Å²) in [6.45, 7) is 10.1. The van der Waals surface area contributed by atoms with Crippen molar-refractivity contribution >= 4 is 17.3 Å². The first kappa shape index (κ1) is 17.3. The molecule has 4 nitrogen and oxygen atoms in total. The molecule has 0 radical (unpaired) electrons. The van der Waals surface area contributed by atoms with Crippen LogP contribution in [0.5, 0.6) is 0 Å². The van der Waals surface area contributed by atoms with Gasteiger partial charge in [0, 0.05) is 30.0 Å². The second-order valence-electron chi connectivity index (χ2n) is 6.41. The summed E-state index contributed by atoms with van der Waals surface area (Å²) in [4.78, 5) is 6.15. The Kier molecular flexibility index (Phi) is 6.70. The van der Waals surface area contributed by atoms with Gasteiger partial charge in [0.05, 0.1) is 12.6 Å². The molecule has 124 valence electrons. The zero-order chi connectivity index (χ0) is 15.8. The normalized spacial score (nSPS) is 19.4. The minimum absolute atomic E-state index is 0.0745. The van der Waals surface area contributed by atoms with Crippen molar-refractivity contribution in [2.45, 2.75) is 51.6 Å². The van der Waals surface area contributed by atoms with E-state index in [1.54, 1.807) is 11.3 Å². The summed E-state index contributed by atoms with van der Waals surface area (Å²) in [7, 11) is 0. The molecule has 0 aliphatic carbocycles. The number of guanidine groups is 1. The van der Waals surface area contributed by atoms with E-state index in [-0.39, 0.29) is 5.41 Å². The van der Waals surface area contributed by atoms with Gasteiger partial charge in [-0.05, 0) is 37.6 Å². The summed E-state index contributed by atoms with van der Waals surface area (Å²) in [5.74, 6) is 0.908. The Balaban J connectivity index is 1.83. The van der Waals surface area contributed by atoms with E-state index in [0.717, 1.165) is 38.6 Å². The number of thiophene rings is 1. The smallest absolute Gasteiger partial charge is 0.191 e. The molecule has 1 aromatic rings. The Morgan fingerprint density at radius 3 is 2.95 bits per heavy atom. The molecule has 1 fully saturated rings. The third kappa shape index (κ3) is 5.29. The van der Waals surface area contributed by atoms with Crippen molar-refractivity contribution in [3.63, 3.8) is 0 Å². The molecular formula is C17H29N3OS. The second kappa shape index (κ2) is 8.53. The van der Waals surface area contributed by atoms with Crippen LogP contribution in [0, 0.1) is 0 Å². The third-order valence-electron chi connectivity index (χ3n) is 3.95. The SMILES string of the molecule is CCNC(=NCC(C)(C)c1cccs1)NCCC1CCCO1. The molecule has 0 bridgehead atoms. The molecule has 2 rings (SSSR count). The predicted molar refractivity (Wildman–Crippen MR) is 94.9 cm³/mol. The highest BCUT2D eigenvalue weighted by molar-refractivity contribution is 7.10. The van der Waals surface area contributed by atoms with Gasteiger partial charge in [0.25, 0.3) is 0 Å². The van der Waals surface area contributed by atoms with E-state index in [1.807, 2.05) is 0 Å². The van der Waals surface area contributed by atoms with Gasteiger partial charge in [0.15, 0.2) is 5.96 Å². The first-order valence-electron chi connectivity index (χ1n) is 8.29. The second-order valence-corrected chi connectivity index (χ2v) is 7.35. The van der Waals surface area contributed by atoms with Crippen LogP contribution in [-0.2, 0) is 10.2 Å². The molecule has 1 saturated heterocycles. The predicted octanol–water partition coefficient (Wildman–Crippen LogP) is 3.15. The lowest BCUT2D eigenvalue weighted by atomic mass is 9.92. The summed E-state index contributed by atoms with van der Waals surface area (Å²) in [6.07, 6.45) is 3.88. The van der Waals surface area contributed by atoms with Gasteiger partial charge in [0.2, 0.25) is 0 Å². The van der Waals surface area contributed by atoms with E-state index in [4.69, 9.17) is 9.73 Å². The molecular weight excluding hydrogens is 294 g/mol. The van der Waals surface area contributed by atoms with Crippen molar-refractivity contribution in [2.24, 2.45) is 4.99 Å². The lowest BCUT2D eigenvalue weighted by Crippen LogP contribution is -2.39. The van der Waals surface area contributed by atoms with Crippen molar-refractivity contribution in [1.82, 2.24) is 10.6 Å². The van der Waals surface area contributed by atoms with E-state index in [1.165, 1.54) is 17.7 Å². The minimum Gasteiger partial charge on any atom is -0.378 e. The number of ether oxygens (including phenoxy) is 1. The van der Waals surface area contributed by atoms with Crippen LogP contribution in [0.1, 0.15) is 44.9 Å². The van der Waals surface area contributed by atoms with E-state index < -0.39 is 0 Å². The minimum atomic E-state index is 0.0745. The summed E-state index contributed by atoms with van der Waals surface area (Å²) in [6, 6.07) is 4.30. The Morgan fingerprint density at radius 1 is 1.45 bits per heavy atom. The zero-order valence-corrected chi connectivity index (χ0v) is 14.8. The van der Waals surface area contributed by atoms with Crippen LogP contribution in [-0.4, -0.2) is 38.3 Å². The summed E-state index contributed by atoms with van der Waals surface area (Å²) >= 11 is 1.80. The molecule has 1 unspecified atom stereocenters. The van der Waals surface area contributed by atoms with Crippen molar-refractivity contribution in [3.8, 4) is 0 Å². The van der Waals surface area contributed by atoms with Crippen LogP contribution < -0.4 is 10.6 Å².